The number of aromatic amines is 1. The van der Waals surface area contributed by atoms with Crippen LogP contribution >= 0.6 is 0 Å². The molecule has 4 heteroatoms. The fourth-order valence-corrected chi connectivity index (χ4v) is 3.72. The first-order chi connectivity index (χ1) is 9.31. The molecule has 1 spiro atoms. The molecule has 2 N–H and O–H groups in total. The third-order valence-corrected chi connectivity index (χ3v) is 4.80. The summed E-state index contributed by atoms with van der Waals surface area (Å²) in [5.41, 5.74) is 3.35. The molecule has 0 unspecified atom stereocenters. The number of hydrogen-bond acceptors (Lipinski definition) is 3. The number of hydrogen-bond donors (Lipinski definition) is 2. The minimum Gasteiger partial charge on any atom is -0.383 e. The number of nitrogens with zero attached hydrogens (tertiary/aromatic N) is 1. The summed E-state index contributed by atoms with van der Waals surface area (Å²) < 4.78 is 5.03. The lowest BCUT2D eigenvalue weighted by atomic mass is 9.73. The van der Waals surface area contributed by atoms with Crippen LogP contribution in [-0.2, 0) is 24.1 Å². The third kappa shape index (κ3) is 2.84. The van der Waals surface area contributed by atoms with Gasteiger partial charge in [0.05, 0.1) is 18.8 Å². The van der Waals surface area contributed by atoms with Crippen molar-refractivity contribution in [3.63, 3.8) is 0 Å². The molecule has 3 rings (SSSR count). The zero-order valence-corrected chi connectivity index (χ0v) is 11.9. The minimum absolute atomic E-state index is 0.611. The maximum Gasteiger partial charge on any atom is 0.120 e. The first-order valence-corrected chi connectivity index (χ1v) is 7.58. The number of aryl methyl sites for hydroxylation is 1. The molecule has 0 aromatic carbocycles. The molecule has 4 nitrogen and oxygen atoms in total. The molecule has 0 bridgehead atoms. The van der Waals surface area contributed by atoms with E-state index in [1.165, 1.54) is 56.3 Å². The molecule has 2 aliphatic rings. The Hall–Kier alpha value is -0.870. The number of methoxy groups -OCH3 is 1. The van der Waals surface area contributed by atoms with Crippen LogP contribution in [0.15, 0.2) is 0 Å². The molecule has 1 fully saturated rings. The fraction of sp³-hybridized carbons (Fsp3) is 0.800. The summed E-state index contributed by atoms with van der Waals surface area (Å²) in [6.07, 6.45) is 9.45. The van der Waals surface area contributed by atoms with Crippen LogP contribution in [0.2, 0.25) is 0 Å². The van der Waals surface area contributed by atoms with Crippen molar-refractivity contribution in [3.8, 4) is 0 Å². The van der Waals surface area contributed by atoms with E-state index in [1.807, 2.05) is 0 Å². The Bertz CT molecular complexity index is 421. The number of H-pyrrole nitrogens is 1. The van der Waals surface area contributed by atoms with Crippen LogP contribution in [0.5, 0.6) is 0 Å². The highest BCUT2D eigenvalue weighted by atomic mass is 16.5. The summed E-state index contributed by atoms with van der Waals surface area (Å²) in [6.45, 7) is 2.46. The van der Waals surface area contributed by atoms with Gasteiger partial charge in [-0.15, -0.1) is 0 Å². The molecular formula is C15H25N3O. The molecule has 106 valence electrons. The number of imidazole rings is 1. The molecule has 1 aromatic rings. The van der Waals surface area contributed by atoms with Crippen LogP contribution in [0.1, 0.15) is 49.3 Å². The van der Waals surface area contributed by atoms with Gasteiger partial charge in [-0.25, -0.2) is 4.98 Å². The average Bonchev–Trinajstić information content (AvgIpc) is 3.02. The van der Waals surface area contributed by atoms with Gasteiger partial charge in [0.25, 0.3) is 0 Å². The van der Waals surface area contributed by atoms with Crippen LogP contribution in [-0.4, -0.2) is 30.2 Å². The summed E-state index contributed by atoms with van der Waals surface area (Å²) in [5, 5.41) is 3.35. The highest BCUT2D eigenvalue weighted by molar-refractivity contribution is 5.21. The maximum absolute atomic E-state index is 5.03. The number of ether oxygens (including phenoxy) is 1. The third-order valence-electron chi connectivity index (χ3n) is 4.80. The molecule has 1 heterocycles. The van der Waals surface area contributed by atoms with Crippen molar-refractivity contribution in [1.82, 2.24) is 15.3 Å². The smallest absolute Gasteiger partial charge is 0.120 e. The van der Waals surface area contributed by atoms with Gasteiger partial charge in [-0.05, 0) is 37.5 Å². The SMILES string of the molecule is COCCNCc1nc2c([nH]1)CC1(CCCC1)CC2. The van der Waals surface area contributed by atoms with Crippen LogP contribution in [0, 0.1) is 5.41 Å². The summed E-state index contributed by atoms with van der Waals surface area (Å²) >= 11 is 0. The highest BCUT2D eigenvalue weighted by Gasteiger charge is 2.38. The van der Waals surface area contributed by atoms with Gasteiger partial charge >= 0.3 is 0 Å². The number of fused-ring (bicyclic) bond motifs is 1. The lowest BCUT2D eigenvalue weighted by molar-refractivity contribution is 0.199. The van der Waals surface area contributed by atoms with Crippen LogP contribution in [0.4, 0.5) is 0 Å². The molecular weight excluding hydrogens is 238 g/mol. The number of rotatable bonds is 5. The summed E-state index contributed by atoms with van der Waals surface area (Å²) in [6, 6.07) is 0. The maximum atomic E-state index is 5.03. The predicted octanol–water partition coefficient (Wildman–Crippen LogP) is 2.19. The predicted molar refractivity (Wildman–Crippen MR) is 75.1 cm³/mol. The van der Waals surface area contributed by atoms with Gasteiger partial charge in [-0.1, -0.05) is 12.8 Å². The summed E-state index contributed by atoms with van der Waals surface area (Å²) in [5.74, 6) is 1.09. The Balaban J connectivity index is 1.60. The van der Waals surface area contributed by atoms with Crippen LogP contribution < -0.4 is 5.32 Å². The Kier molecular flexibility index (Phi) is 3.89. The van der Waals surface area contributed by atoms with Gasteiger partial charge in [-0.2, -0.15) is 0 Å². The van der Waals surface area contributed by atoms with E-state index in [4.69, 9.17) is 9.72 Å². The number of nitrogens with one attached hydrogen (secondary N) is 2. The Morgan fingerprint density at radius 3 is 2.95 bits per heavy atom. The Morgan fingerprint density at radius 1 is 1.32 bits per heavy atom. The molecule has 0 aliphatic heterocycles. The molecule has 0 atom stereocenters. The van der Waals surface area contributed by atoms with E-state index >= 15 is 0 Å². The first kappa shape index (κ1) is 13.1. The van der Waals surface area contributed by atoms with E-state index in [0.29, 0.717) is 5.41 Å². The Morgan fingerprint density at radius 2 is 2.16 bits per heavy atom. The second-order valence-corrected chi connectivity index (χ2v) is 6.16. The van der Waals surface area contributed by atoms with E-state index in [0.717, 1.165) is 25.5 Å². The van der Waals surface area contributed by atoms with Gasteiger partial charge in [0, 0.05) is 19.3 Å². The normalized spacial score (nSPS) is 20.9. The quantitative estimate of drug-likeness (QED) is 0.801. The topological polar surface area (TPSA) is 49.9 Å². The van der Waals surface area contributed by atoms with Crippen LogP contribution in [0.3, 0.4) is 0 Å². The second-order valence-electron chi connectivity index (χ2n) is 6.16. The molecule has 0 amide bonds. The minimum atomic E-state index is 0.611. The van der Waals surface area contributed by atoms with Crippen LogP contribution in [0.25, 0.3) is 0 Å². The largest absolute Gasteiger partial charge is 0.383 e. The monoisotopic (exact) mass is 263 g/mol. The van der Waals surface area contributed by atoms with Gasteiger partial charge in [0.15, 0.2) is 0 Å². The van der Waals surface area contributed by atoms with E-state index in [-0.39, 0.29) is 0 Å². The zero-order chi connectivity index (χ0) is 13.1. The van der Waals surface area contributed by atoms with Crippen molar-refractivity contribution in [2.45, 2.75) is 51.5 Å². The highest BCUT2D eigenvalue weighted by Crippen LogP contribution is 2.47. The van der Waals surface area contributed by atoms with E-state index in [2.05, 4.69) is 10.3 Å². The summed E-state index contributed by atoms with van der Waals surface area (Å²) in [4.78, 5) is 8.29. The van der Waals surface area contributed by atoms with Gasteiger partial charge in [0.2, 0.25) is 0 Å². The second kappa shape index (κ2) is 5.63. The Labute approximate surface area is 115 Å². The van der Waals surface area contributed by atoms with Crippen molar-refractivity contribution < 1.29 is 4.74 Å². The fourth-order valence-electron chi connectivity index (χ4n) is 3.72. The zero-order valence-electron chi connectivity index (χ0n) is 11.9. The van der Waals surface area contributed by atoms with Crippen molar-refractivity contribution in [2.75, 3.05) is 20.3 Å². The van der Waals surface area contributed by atoms with Crippen molar-refractivity contribution in [1.29, 1.82) is 0 Å². The molecule has 1 aromatic heterocycles. The van der Waals surface area contributed by atoms with Gasteiger partial charge in [0.1, 0.15) is 5.82 Å². The van der Waals surface area contributed by atoms with E-state index in [9.17, 15) is 0 Å². The van der Waals surface area contributed by atoms with Crippen molar-refractivity contribution >= 4 is 0 Å². The van der Waals surface area contributed by atoms with Crippen molar-refractivity contribution in [2.24, 2.45) is 5.41 Å². The average molecular weight is 263 g/mol. The number of aromatic nitrogens is 2. The van der Waals surface area contributed by atoms with Gasteiger partial charge < -0.3 is 15.0 Å². The first-order valence-electron chi connectivity index (χ1n) is 7.58. The summed E-state index contributed by atoms with van der Waals surface area (Å²) in [7, 11) is 1.73. The van der Waals surface area contributed by atoms with E-state index < -0.39 is 0 Å². The van der Waals surface area contributed by atoms with E-state index in [1.54, 1.807) is 7.11 Å². The van der Waals surface area contributed by atoms with Crippen molar-refractivity contribution in [3.05, 3.63) is 17.2 Å². The molecule has 0 saturated heterocycles. The molecule has 2 aliphatic carbocycles. The lowest BCUT2D eigenvalue weighted by Crippen LogP contribution is -2.25. The molecule has 1 saturated carbocycles. The molecule has 0 radical (unpaired) electrons. The molecule has 19 heavy (non-hydrogen) atoms. The van der Waals surface area contributed by atoms with Gasteiger partial charge in [-0.3, -0.25) is 0 Å². The lowest BCUT2D eigenvalue weighted by Gasteiger charge is -2.32. The standard InChI is InChI=1S/C15H25N3O/c1-19-9-8-16-11-14-17-12-4-7-15(5-2-3-6-15)10-13(12)18-14/h16H,2-11H2,1H3,(H,17,18).